The molecule has 2 aromatic rings. The molecule has 0 fully saturated rings. The molecular formula is C14H11Cl2FN2O2. The average molecular weight is 329 g/mol. The van der Waals surface area contributed by atoms with Crippen molar-refractivity contribution in [1.82, 2.24) is 0 Å². The first-order valence-electron chi connectivity index (χ1n) is 5.85. The minimum absolute atomic E-state index is 0.0858. The topological polar surface area (TPSA) is 67.8 Å². The molecule has 0 aliphatic carbocycles. The van der Waals surface area contributed by atoms with E-state index in [1.165, 1.54) is 18.2 Å². The Morgan fingerprint density at radius 2 is 1.86 bits per heavy atom. The third kappa shape index (κ3) is 4.00. The van der Waals surface area contributed by atoms with E-state index in [2.05, 4.69) is 5.16 Å². The maximum Gasteiger partial charge on any atom is 0.170 e. The molecule has 0 bridgehead atoms. The van der Waals surface area contributed by atoms with E-state index in [9.17, 15) is 4.39 Å². The molecule has 7 heteroatoms. The van der Waals surface area contributed by atoms with Gasteiger partial charge in [0.05, 0.1) is 0 Å². The second-order valence-corrected chi connectivity index (χ2v) is 5.05. The average Bonchev–Trinajstić information content (AvgIpc) is 2.44. The van der Waals surface area contributed by atoms with Gasteiger partial charge in [-0.1, -0.05) is 34.4 Å². The molecule has 0 aromatic heterocycles. The van der Waals surface area contributed by atoms with Crippen LogP contribution in [0.4, 0.5) is 4.39 Å². The summed E-state index contributed by atoms with van der Waals surface area (Å²) >= 11 is 11.7. The molecule has 0 unspecified atom stereocenters. The van der Waals surface area contributed by atoms with Crippen LogP contribution in [-0.2, 0) is 6.61 Å². The van der Waals surface area contributed by atoms with Crippen molar-refractivity contribution in [1.29, 1.82) is 0 Å². The fourth-order valence-corrected chi connectivity index (χ4v) is 2.25. The summed E-state index contributed by atoms with van der Waals surface area (Å²) in [5.41, 5.74) is 6.33. The quantitative estimate of drug-likeness (QED) is 0.388. The van der Waals surface area contributed by atoms with E-state index in [-0.39, 0.29) is 18.0 Å². The zero-order valence-corrected chi connectivity index (χ0v) is 12.2. The molecule has 2 rings (SSSR count). The summed E-state index contributed by atoms with van der Waals surface area (Å²) in [7, 11) is 0. The van der Waals surface area contributed by atoms with Crippen LogP contribution in [0.15, 0.2) is 41.6 Å². The molecule has 0 saturated heterocycles. The van der Waals surface area contributed by atoms with Crippen LogP contribution in [0.25, 0.3) is 0 Å². The van der Waals surface area contributed by atoms with Gasteiger partial charge in [-0.25, -0.2) is 4.39 Å². The molecule has 4 nitrogen and oxygen atoms in total. The number of ether oxygens (including phenoxy) is 1. The first kappa shape index (κ1) is 15.4. The second-order valence-electron chi connectivity index (χ2n) is 4.18. The van der Waals surface area contributed by atoms with Crippen LogP contribution in [0.3, 0.4) is 0 Å². The predicted octanol–water partition coefficient (Wildman–Crippen LogP) is 3.81. The first-order valence-corrected chi connectivity index (χ1v) is 6.60. The maximum absolute atomic E-state index is 13.2. The molecule has 0 atom stereocenters. The Kier molecular flexibility index (Phi) is 4.88. The van der Waals surface area contributed by atoms with Crippen molar-refractivity contribution in [2.45, 2.75) is 6.61 Å². The number of nitrogens with two attached hydrogens (primary N) is 1. The van der Waals surface area contributed by atoms with Crippen molar-refractivity contribution in [3.8, 4) is 5.75 Å². The molecule has 0 aliphatic heterocycles. The summed E-state index contributed by atoms with van der Waals surface area (Å²) in [6.45, 7) is 0.0858. The minimum Gasteiger partial charge on any atom is -0.489 e. The maximum atomic E-state index is 13.2. The van der Waals surface area contributed by atoms with Gasteiger partial charge in [-0.05, 0) is 30.3 Å². The zero-order chi connectivity index (χ0) is 15.4. The molecule has 0 saturated carbocycles. The van der Waals surface area contributed by atoms with Crippen LogP contribution in [0.5, 0.6) is 5.75 Å². The van der Waals surface area contributed by atoms with Gasteiger partial charge in [0.15, 0.2) is 5.84 Å². The molecule has 0 amide bonds. The molecule has 110 valence electrons. The lowest BCUT2D eigenvalue weighted by Gasteiger charge is -2.11. The van der Waals surface area contributed by atoms with Crippen LogP contribution in [0, 0.1) is 5.82 Å². The largest absolute Gasteiger partial charge is 0.489 e. The third-order valence-electron chi connectivity index (χ3n) is 2.69. The van der Waals surface area contributed by atoms with Crippen molar-refractivity contribution in [3.63, 3.8) is 0 Å². The summed E-state index contributed by atoms with van der Waals surface area (Å²) in [4.78, 5) is 0. The summed E-state index contributed by atoms with van der Waals surface area (Å²) in [6.07, 6.45) is 0. The van der Waals surface area contributed by atoms with Crippen LogP contribution in [0.1, 0.15) is 11.1 Å². The monoisotopic (exact) mass is 328 g/mol. The number of halogens is 3. The molecule has 0 radical (unpaired) electrons. The highest BCUT2D eigenvalue weighted by Crippen LogP contribution is 2.25. The van der Waals surface area contributed by atoms with Gasteiger partial charge in [0.25, 0.3) is 0 Å². The van der Waals surface area contributed by atoms with Gasteiger partial charge in [0.2, 0.25) is 0 Å². The lowest BCUT2D eigenvalue weighted by molar-refractivity contribution is 0.305. The summed E-state index contributed by atoms with van der Waals surface area (Å²) in [5.74, 6) is -0.231. The Labute approximate surface area is 130 Å². The van der Waals surface area contributed by atoms with Crippen LogP contribution < -0.4 is 10.5 Å². The van der Waals surface area contributed by atoms with E-state index < -0.39 is 5.82 Å². The molecule has 0 spiro atoms. The highest BCUT2D eigenvalue weighted by molar-refractivity contribution is 6.34. The predicted molar refractivity (Wildman–Crippen MR) is 79.7 cm³/mol. The second kappa shape index (κ2) is 6.65. The minimum atomic E-state index is -0.494. The number of benzene rings is 2. The smallest absolute Gasteiger partial charge is 0.170 e. The van der Waals surface area contributed by atoms with Gasteiger partial charge in [-0.2, -0.15) is 0 Å². The summed E-state index contributed by atoms with van der Waals surface area (Å²) < 4.78 is 18.8. The van der Waals surface area contributed by atoms with Crippen molar-refractivity contribution in [2.24, 2.45) is 10.9 Å². The van der Waals surface area contributed by atoms with Gasteiger partial charge in [0.1, 0.15) is 18.2 Å². The van der Waals surface area contributed by atoms with Crippen LogP contribution >= 0.6 is 23.2 Å². The lowest BCUT2D eigenvalue weighted by Crippen LogP contribution is -2.16. The SMILES string of the molecule is NC(=NO)c1cc(F)ccc1COc1cc(Cl)cc(Cl)c1. The van der Waals surface area contributed by atoms with E-state index in [1.54, 1.807) is 18.2 Å². The Balaban J connectivity index is 2.23. The zero-order valence-electron chi connectivity index (χ0n) is 10.7. The molecule has 21 heavy (non-hydrogen) atoms. The van der Waals surface area contributed by atoms with Gasteiger partial charge >= 0.3 is 0 Å². The normalized spacial score (nSPS) is 11.5. The molecular weight excluding hydrogens is 318 g/mol. The number of hydrogen-bond donors (Lipinski definition) is 2. The van der Waals surface area contributed by atoms with Gasteiger partial charge < -0.3 is 15.7 Å². The highest BCUT2D eigenvalue weighted by atomic mass is 35.5. The van der Waals surface area contributed by atoms with E-state index in [0.717, 1.165) is 0 Å². The van der Waals surface area contributed by atoms with Crippen molar-refractivity contribution < 1.29 is 14.3 Å². The van der Waals surface area contributed by atoms with Gasteiger partial charge in [0, 0.05) is 21.2 Å². The number of oxime groups is 1. The van der Waals surface area contributed by atoms with E-state index in [0.29, 0.717) is 21.4 Å². The van der Waals surface area contributed by atoms with E-state index in [1.807, 2.05) is 0 Å². The third-order valence-corrected chi connectivity index (χ3v) is 3.12. The van der Waals surface area contributed by atoms with Crippen LogP contribution in [0.2, 0.25) is 10.0 Å². The number of amidine groups is 1. The van der Waals surface area contributed by atoms with Crippen molar-refractivity contribution in [2.75, 3.05) is 0 Å². The number of rotatable bonds is 4. The van der Waals surface area contributed by atoms with E-state index in [4.69, 9.17) is 38.9 Å². The Morgan fingerprint density at radius 3 is 2.48 bits per heavy atom. The van der Waals surface area contributed by atoms with Gasteiger partial charge in [-0.3, -0.25) is 0 Å². The number of hydrogen-bond acceptors (Lipinski definition) is 3. The van der Waals surface area contributed by atoms with Gasteiger partial charge in [-0.15, -0.1) is 0 Å². The van der Waals surface area contributed by atoms with Crippen molar-refractivity contribution >= 4 is 29.0 Å². The summed E-state index contributed by atoms with van der Waals surface area (Å²) in [5, 5.41) is 12.5. The number of nitrogens with zero attached hydrogens (tertiary/aromatic N) is 1. The van der Waals surface area contributed by atoms with Crippen LogP contribution in [-0.4, -0.2) is 11.0 Å². The lowest BCUT2D eigenvalue weighted by atomic mass is 10.1. The fourth-order valence-electron chi connectivity index (χ4n) is 1.74. The molecule has 3 N–H and O–H groups in total. The Bertz CT molecular complexity index is 672. The standard InChI is InChI=1S/C14H11Cl2FN2O2/c15-9-3-10(16)5-12(4-9)21-7-8-1-2-11(17)6-13(8)14(18)19-20/h1-6,20H,7H2,(H2,18,19). The Hall–Kier alpha value is -1.98. The Morgan fingerprint density at radius 1 is 1.19 bits per heavy atom. The first-order chi connectivity index (χ1) is 9.99. The molecule has 2 aromatic carbocycles. The van der Waals surface area contributed by atoms with Crippen molar-refractivity contribution in [3.05, 3.63) is 63.4 Å². The van der Waals surface area contributed by atoms with E-state index >= 15 is 0 Å². The fraction of sp³-hybridized carbons (Fsp3) is 0.0714. The summed E-state index contributed by atoms with van der Waals surface area (Å²) in [6, 6.07) is 8.70. The highest BCUT2D eigenvalue weighted by Gasteiger charge is 2.10. The molecule has 0 heterocycles. The molecule has 0 aliphatic rings.